The van der Waals surface area contributed by atoms with Crippen LogP contribution in [0.2, 0.25) is 0 Å². The van der Waals surface area contributed by atoms with E-state index in [0.717, 1.165) is 43.1 Å². The fourth-order valence-electron chi connectivity index (χ4n) is 3.87. The van der Waals surface area contributed by atoms with E-state index in [4.69, 9.17) is 9.47 Å². The number of benzene rings is 1. The van der Waals surface area contributed by atoms with Crippen molar-refractivity contribution >= 4 is 5.52 Å². The molecule has 4 heterocycles. The van der Waals surface area contributed by atoms with Gasteiger partial charge in [-0.2, -0.15) is 5.10 Å². The zero-order chi connectivity index (χ0) is 20.7. The lowest BCUT2D eigenvalue weighted by molar-refractivity contribution is 0.0834. The van der Waals surface area contributed by atoms with Gasteiger partial charge in [-0.1, -0.05) is 0 Å². The van der Waals surface area contributed by atoms with E-state index in [0.29, 0.717) is 17.1 Å². The minimum Gasteiger partial charge on any atom is -0.439 e. The summed E-state index contributed by atoms with van der Waals surface area (Å²) in [5.41, 5.74) is 2.32. The number of imidazole rings is 1. The molecule has 0 saturated carbocycles. The fraction of sp³-hybridized carbons (Fsp3) is 0.318. The summed E-state index contributed by atoms with van der Waals surface area (Å²) in [5, 5.41) is 4.41. The first-order valence-electron chi connectivity index (χ1n) is 10.0. The highest BCUT2D eigenvalue weighted by Gasteiger charge is 2.22. The Hall–Kier alpha value is -3.39. The van der Waals surface area contributed by atoms with Crippen LogP contribution in [-0.2, 0) is 18.8 Å². The van der Waals surface area contributed by atoms with E-state index in [1.165, 1.54) is 4.57 Å². The van der Waals surface area contributed by atoms with Gasteiger partial charge in [0.15, 0.2) is 0 Å². The molecule has 0 unspecified atom stereocenters. The van der Waals surface area contributed by atoms with Crippen LogP contribution < -0.4 is 10.3 Å². The number of aromatic nitrogens is 5. The lowest BCUT2D eigenvalue weighted by atomic mass is 10.00. The quantitative estimate of drug-likeness (QED) is 0.521. The summed E-state index contributed by atoms with van der Waals surface area (Å²) in [5.74, 6) is 2.28. The standard InChI is InChI=1S/C22H23N5O3/c1-25-10-7-18(24-25)15-3-5-17(6-4-15)30-20-14-27-19(22(28)26(20)2)13-23-21(27)16-8-11-29-12-9-16/h3-7,10,13-14,16H,8-9,11-12H2,1-2H3. The Labute approximate surface area is 173 Å². The molecule has 0 amide bonds. The molecule has 1 aliphatic heterocycles. The van der Waals surface area contributed by atoms with Gasteiger partial charge in [-0.05, 0) is 43.2 Å². The van der Waals surface area contributed by atoms with Crippen LogP contribution in [0.3, 0.4) is 0 Å². The van der Waals surface area contributed by atoms with Gasteiger partial charge in [0.25, 0.3) is 5.56 Å². The number of aryl methyl sites for hydroxylation is 1. The molecule has 1 aliphatic rings. The van der Waals surface area contributed by atoms with E-state index in [9.17, 15) is 4.79 Å². The Kier molecular flexibility index (Phi) is 4.63. The van der Waals surface area contributed by atoms with Gasteiger partial charge in [0.2, 0.25) is 5.88 Å². The number of nitrogens with zero attached hydrogens (tertiary/aromatic N) is 5. The van der Waals surface area contributed by atoms with Gasteiger partial charge in [-0.3, -0.25) is 18.4 Å². The first-order valence-corrected chi connectivity index (χ1v) is 10.0. The first kappa shape index (κ1) is 18.6. The van der Waals surface area contributed by atoms with Crippen molar-refractivity contribution in [1.82, 2.24) is 23.7 Å². The van der Waals surface area contributed by atoms with Gasteiger partial charge in [0, 0.05) is 45.0 Å². The van der Waals surface area contributed by atoms with Crippen molar-refractivity contribution < 1.29 is 9.47 Å². The van der Waals surface area contributed by atoms with Crippen molar-refractivity contribution in [1.29, 1.82) is 0 Å². The van der Waals surface area contributed by atoms with Gasteiger partial charge in [-0.15, -0.1) is 0 Å². The molecule has 3 aromatic heterocycles. The van der Waals surface area contributed by atoms with E-state index < -0.39 is 0 Å². The van der Waals surface area contributed by atoms with Gasteiger partial charge in [0.05, 0.1) is 18.1 Å². The molecule has 0 spiro atoms. The summed E-state index contributed by atoms with van der Waals surface area (Å²) >= 11 is 0. The average Bonchev–Trinajstić information content (AvgIpc) is 3.39. The van der Waals surface area contributed by atoms with Crippen LogP contribution in [0, 0.1) is 0 Å². The number of rotatable bonds is 4. The molecular formula is C22H23N5O3. The molecule has 154 valence electrons. The van der Waals surface area contributed by atoms with E-state index in [1.807, 2.05) is 54.2 Å². The molecule has 4 aromatic rings. The molecule has 8 nitrogen and oxygen atoms in total. The largest absolute Gasteiger partial charge is 0.439 e. The van der Waals surface area contributed by atoms with Gasteiger partial charge in [-0.25, -0.2) is 4.98 Å². The number of fused-ring (bicyclic) bond motifs is 1. The lowest BCUT2D eigenvalue weighted by Gasteiger charge is -2.21. The molecule has 8 heteroatoms. The molecule has 0 atom stereocenters. The van der Waals surface area contributed by atoms with E-state index >= 15 is 0 Å². The monoisotopic (exact) mass is 405 g/mol. The van der Waals surface area contributed by atoms with Crippen LogP contribution in [0.1, 0.15) is 24.6 Å². The predicted octanol–water partition coefficient (Wildman–Crippen LogP) is 3.12. The van der Waals surface area contributed by atoms with Gasteiger partial charge >= 0.3 is 0 Å². The Morgan fingerprint density at radius 1 is 1.10 bits per heavy atom. The minimum atomic E-state index is -0.136. The van der Waals surface area contributed by atoms with Crippen molar-refractivity contribution in [2.45, 2.75) is 18.8 Å². The Balaban J connectivity index is 1.47. The molecule has 5 rings (SSSR count). The second kappa shape index (κ2) is 7.46. The Morgan fingerprint density at radius 2 is 1.87 bits per heavy atom. The van der Waals surface area contributed by atoms with Crippen LogP contribution in [0.25, 0.3) is 16.8 Å². The van der Waals surface area contributed by atoms with Crippen molar-refractivity contribution in [3.63, 3.8) is 0 Å². The summed E-state index contributed by atoms with van der Waals surface area (Å²) in [7, 11) is 3.60. The van der Waals surface area contributed by atoms with E-state index in [-0.39, 0.29) is 11.5 Å². The zero-order valence-electron chi connectivity index (χ0n) is 17.0. The third kappa shape index (κ3) is 3.29. The third-order valence-corrected chi connectivity index (χ3v) is 5.59. The maximum atomic E-state index is 12.9. The van der Waals surface area contributed by atoms with Crippen LogP contribution >= 0.6 is 0 Å². The Bertz CT molecular complexity index is 1250. The van der Waals surface area contributed by atoms with Crippen molar-refractivity contribution in [3.05, 3.63) is 65.1 Å². The highest BCUT2D eigenvalue weighted by atomic mass is 16.5. The van der Waals surface area contributed by atoms with Crippen LogP contribution in [-0.4, -0.2) is 36.9 Å². The molecule has 30 heavy (non-hydrogen) atoms. The van der Waals surface area contributed by atoms with Crippen molar-refractivity contribution in [2.24, 2.45) is 14.1 Å². The SMILES string of the molecule is Cn1ccc(-c2ccc(Oc3cn4c(C5CCOCC5)ncc4c(=O)n3C)cc2)n1. The molecule has 1 saturated heterocycles. The predicted molar refractivity (Wildman–Crippen MR) is 112 cm³/mol. The smallest absolute Gasteiger partial charge is 0.279 e. The third-order valence-electron chi connectivity index (χ3n) is 5.59. The van der Waals surface area contributed by atoms with Gasteiger partial charge < -0.3 is 9.47 Å². The maximum Gasteiger partial charge on any atom is 0.279 e. The van der Waals surface area contributed by atoms with E-state index in [2.05, 4.69) is 10.1 Å². The summed E-state index contributed by atoms with van der Waals surface area (Å²) in [6.07, 6.45) is 7.21. The van der Waals surface area contributed by atoms with Crippen LogP contribution in [0.4, 0.5) is 0 Å². The number of hydrogen-bond donors (Lipinski definition) is 0. The summed E-state index contributed by atoms with van der Waals surface area (Å²) in [6.45, 7) is 1.44. The summed E-state index contributed by atoms with van der Waals surface area (Å²) in [6, 6.07) is 9.64. The molecule has 0 bridgehead atoms. The normalized spacial score (nSPS) is 15.0. The second-order valence-corrected chi connectivity index (χ2v) is 7.59. The molecule has 0 aliphatic carbocycles. The average molecular weight is 405 g/mol. The minimum absolute atomic E-state index is 0.136. The Morgan fingerprint density at radius 3 is 2.57 bits per heavy atom. The molecule has 1 aromatic carbocycles. The number of hydrogen-bond acceptors (Lipinski definition) is 5. The second-order valence-electron chi connectivity index (χ2n) is 7.59. The first-order chi connectivity index (χ1) is 14.6. The maximum absolute atomic E-state index is 12.9. The molecular weight excluding hydrogens is 382 g/mol. The molecule has 1 fully saturated rings. The van der Waals surface area contributed by atoms with Crippen molar-refractivity contribution in [3.8, 4) is 22.9 Å². The van der Waals surface area contributed by atoms with Crippen LogP contribution in [0.15, 0.2) is 53.7 Å². The molecule has 0 radical (unpaired) electrons. The molecule has 0 N–H and O–H groups in total. The van der Waals surface area contributed by atoms with E-state index in [1.54, 1.807) is 17.9 Å². The fourth-order valence-corrected chi connectivity index (χ4v) is 3.87. The van der Waals surface area contributed by atoms with Crippen molar-refractivity contribution in [2.75, 3.05) is 13.2 Å². The van der Waals surface area contributed by atoms with Gasteiger partial charge in [0.1, 0.15) is 17.1 Å². The van der Waals surface area contributed by atoms with Crippen LogP contribution in [0.5, 0.6) is 11.6 Å². The highest BCUT2D eigenvalue weighted by molar-refractivity contribution is 5.59. The zero-order valence-corrected chi connectivity index (χ0v) is 17.0. The topological polar surface area (TPSA) is 75.6 Å². The summed E-state index contributed by atoms with van der Waals surface area (Å²) < 4.78 is 16.7. The number of ether oxygens (including phenoxy) is 2. The highest BCUT2D eigenvalue weighted by Crippen LogP contribution is 2.28. The lowest BCUT2D eigenvalue weighted by Crippen LogP contribution is -2.22. The summed E-state index contributed by atoms with van der Waals surface area (Å²) in [4.78, 5) is 17.4.